The second-order valence-corrected chi connectivity index (χ2v) is 6.72. The normalized spacial score (nSPS) is 13.1. The summed E-state index contributed by atoms with van der Waals surface area (Å²) in [5, 5.41) is 12.2. The summed E-state index contributed by atoms with van der Waals surface area (Å²) in [6.07, 6.45) is 0.250. The predicted octanol–water partition coefficient (Wildman–Crippen LogP) is -0.355. The van der Waals surface area contributed by atoms with E-state index < -0.39 is 7.77 Å². The highest BCUT2D eigenvalue weighted by molar-refractivity contribution is 7.51. The second-order valence-electron chi connectivity index (χ2n) is 5.00. The number of rotatable bonds is 6. The SMILES string of the molecule is C=C(C)C(=O)NCC/[P+]([O-])=C(\O)C[N+](C)(C)C. The molecule has 98 valence electrons. The number of aliphatic hydroxyl groups excluding tert-OH is 1. The first kappa shape index (κ1) is 16.3. The molecule has 0 radical (unpaired) electrons. The quantitative estimate of drug-likeness (QED) is 0.390. The minimum absolute atomic E-state index is 0.00271. The molecule has 5 nitrogen and oxygen atoms in total. The first-order chi connectivity index (χ1) is 7.63. The highest BCUT2D eigenvalue weighted by Gasteiger charge is 2.17. The summed E-state index contributed by atoms with van der Waals surface area (Å²) >= 11 is 0. The average molecular weight is 261 g/mol. The highest BCUT2D eigenvalue weighted by Crippen LogP contribution is 2.12. The highest BCUT2D eigenvalue weighted by atomic mass is 31.1. The van der Waals surface area contributed by atoms with Crippen LogP contribution >= 0.6 is 7.77 Å². The average Bonchev–Trinajstić information content (AvgIpc) is 2.14. The fourth-order valence-electron chi connectivity index (χ4n) is 1.05. The largest absolute Gasteiger partial charge is 0.628 e. The van der Waals surface area contributed by atoms with Crippen LogP contribution in [0.3, 0.4) is 0 Å². The van der Waals surface area contributed by atoms with Gasteiger partial charge in [-0.2, -0.15) is 0 Å². The smallest absolute Gasteiger partial charge is 0.273 e. The number of hydrogen-bond donors (Lipinski definition) is 2. The number of hydrogen-bond acceptors (Lipinski definition) is 2. The zero-order valence-electron chi connectivity index (χ0n) is 11.0. The number of aliphatic hydroxyl groups is 1. The van der Waals surface area contributed by atoms with Crippen LogP contribution in [0.5, 0.6) is 0 Å². The van der Waals surface area contributed by atoms with Gasteiger partial charge in [0.1, 0.15) is 6.16 Å². The van der Waals surface area contributed by atoms with Crippen LogP contribution in [0.15, 0.2) is 12.2 Å². The van der Waals surface area contributed by atoms with Gasteiger partial charge in [0.2, 0.25) is 5.91 Å². The van der Waals surface area contributed by atoms with Crippen molar-refractivity contribution >= 4 is 19.2 Å². The van der Waals surface area contributed by atoms with Gasteiger partial charge < -0.3 is 19.8 Å². The van der Waals surface area contributed by atoms with Crippen molar-refractivity contribution in [2.24, 2.45) is 0 Å². The zero-order valence-corrected chi connectivity index (χ0v) is 11.9. The maximum absolute atomic E-state index is 11.6. The van der Waals surface area contributed by atoms with Crippen molar-refractivity contribution in [3.8, 4) is 0 Å². The third-order valence-electron chi connectivity index (χ3n) is 1.89. The molecule has 17 heavy (non-hydrogen) atoms. The summed E-state index contributed by atoms with van der Waals surface area (Å²) in [6.45, 7) is 5.73. The number of carbonyl (C=O) groups excluding carboxylic acids is 1. The number of quaternary nitrogens is 1. The topological polar surface area (TPSA) is 72.4 Å². The molecule has 2 N–H and O–H groups in total. The first-order valence-corrected chi connectivity index (χ1v) is 6.81. The van der Waals surface area contributed by atoms with Crippen molar-refractivity contribution in [2.75, 3.05) is 40.4 Å². The van der Waals surface area contributed by atoms with Crippen LogP contribution in [-0.2, 0) is 4.79 Å². The molecule has 0 aliphatic rings. The van der Waals surface area contributed by atoms with E-state index in [1.165, 1.54) is 0 Å². The van der Waals surface area contributed by atoms with Crippen molar-refractivity contribution in [2.45, 2.75) is 6.92 Å². The maximum atomic E-state index is 11.6. The molecule has 0 heterocycles. The maximum Gasteiger partial charge on any atom is 0.273 e. The number of likely N-dealkylation sites (N-methyl/N-ethyl adjacent to an activating group) is 1. The van der Waals surface area contributed by atoms with Crippen LogP contribution in [0.1, 0.15) is 6.92 Å². The van der Waals surface area contributed by atoms with Gasteiger partial charge in [0.15, 0.2) is 6.54 Å². The van der Waals surface area contributed by atoms with Gasteiger partial charge in [-0.3, -0.25) is 4.79 Å². The van der Waals surface area contributed by atoms with Crippen LogP contribution < -0.4 is 10.2 Å². The minimum Gasteiger partial charge on any atom is -0.628 e. The molecule has 0 aliphatic heterocycles. The number of amides is 1. The van der Waals surface area contributed by atoms with Gasteiger partial charge in [0.05, 0.1) is 35.5 Å². The Kier molecular flexibility index (Phi) is 6.57. The lowest BCUT2D eigenvalue weighted by Crippen LogP contribution is -2.40. The summed E-state index contributed by atoms with van der Waals surface area (Å²) in [4.78, 5) is 22.8. The third kappa shape index (κ3) is 8.05. The molecule has 0 bridgehead atoms. The van der Waals surface area contributed by atoms with E-state index in [1.807, 2.05) is 21.1 Å². The molecular weight excluding hydrogens is 239 g/mol. The molecule has 1 atom stereocenters. The Hall–Kier alpha value is -0.740. The van der Waals surface area contributed by atoms with E-state index in [-0.39, 0.29) is 24.1 Å². The Balaban J connectivity index is 4.17. The molecule has 0 saturated carbocycles. The summed E-state index contributed by atoms with van der Waals surface area (Å²) in [7, 11) is 3.92. The van der Waals surface area contributed by atoms with E-state index in [1.54, 1.807) is 6.92 Å². The molecule has 0 aromatic carbocycles. The van der Waals surface area contributed by atoms with Crippen LogP contribution in [0.2, 0.25) is 0 Å². The Bertz CT molecular complexity index is 332. The van der Waals surface area contributed by atoms with Crippen molar-refractivity contribution in [1.82, 2.24) is 5.32 Å². The van der Waals surface area contributed by atoms with Gasteiger partial charge in [-0.1, -0.05) is 6.58 Å². The molecule has 1 unspecified atom stereocenters. The lowest BCUT2D eigenvalue weighted by atomic mass is 10.3. The van der Waals surface area contributed by atoms with E-state index in [4.69, 9.17) is 0 Å². The Morgan fingerprint density at radius 3 is 2.41 bits per heavy atom. The lowest BCUT2D eigenvalue weighted by molar-refractivity contribution is -0.861. The van der Waals surface area contributed by atoms with Gasteiger partial charge in [0.25, 0.3) is 5.48 Å². The molecule has 0 aliphatic carbocycles. The van der Waals surface area contributed by atoms with Gasteiger partial charge >= 0.3 is 0 Å². The first-order valence-electron chi connectivity index (χ1n) is 5.37. The van der Waals surface area contributed by atoms with Crippen molar-refractivity contribution in [1.29, 1.82) is 0 Å². The molecular formula is C11H22N2O3P+. The van der Waals surface area contributed by atoms with Gasteiger partial charge in [-0.25, -0.2) is 0 Å². The Morgan fingerprint density at radius 2 is 2.00 bits per heavy atom. The van der Waals surface area contributed by atoms with Crippen molar-refractivity contribution in [3.05, 3.63) is 12.2 Å². The molecule has 0 rings (SSSR count). The monoisotopic (exact) mass is 261 g/mol. The van der Waals surface area contributed by atoms with Crippen LogP contribution in [0.4, 0.5) is 0 Å². The molecule has 0 spiro atoms. The predicted molar refractivity (Wildman–Crippen MR) is 69.5 cm³/mol. The van der Waals surface area contributed by atoms with Gasteiger partial charge in [-0.05, 0) is 6.92 Å². The van der Waals surface area contributed by atoms with Crippen LogP contribution in [-0.4, -0.2) is 61.4 Å². The zero-order chi connectivity index (χ0) is 13.6. The molecule has 6 heteroatoms. The Morgan fingerprint density at radius 1 is 1.47 bits per heavy atom. The van der Waals surface area contributed by atoms with E-state index in [9.17, 15) is 14.8 Å². The summed E-state index contributed by atoms with van der Waals surface area (Å²) in [6, 6.07) is 0. The molecule has 0 saturated heterocycles. The van der Waals surface area contributed by atoms with Crippen LogP contribution in [0.25, 0.3) is 0 Å². The number of carbonyl (C=O) groups is 1. The third-order valence-corrected chi connectivity index (χ3v) is 3.24. The standard InChI is InChI=1S/C11H21N2O3P/c1-9(2)11(15)12-6-7-17(16)10(14)8-13(3,4)5/h1,6-8H2,2-5H3,(H-,12,14,15)/p+1. The summed E-state index contributed by atoms with van der Waals surface area (Å²) < 4.78 is 0.519. The second kappa shape index (κ2) is 6.87. The van der Waals surface area contributed by atoms with Gasteiger partial charge in [-0.15, -0.1) is 0 Å². The molecule has 0 fully saturated rings. The van der Waals surface area contributed by atoms with E-state index >= 15 is 0 Å². The summed E-state index contributed by atoms with van der Waals surface area (Å²) in [5.41, 5.74) is 0.414. The van der Waals surface area contributed by atoms with E-state index in [2.05, 4.69) is 11.9 Å². The van der Waals surface area contributed by atoms with Crippen molar-refractivity contribution < 1.29 is 19.3 Å². The number of nitrogens with one attached hydrogen (secondary N) is 1. The fourth-order valence-corrected chi connectivity index (χ4v) is 2.21. The van der Waals surface area contributed by atoms with Crippen LogP contribution in [0, 0.1) is 0 Å². The molecule has 0 aromatic heterocycles. The Labute approximate surface area is 104 Å². The number of nitrogens with zero attached hydrogens (tertiary/aromatic N) is 1. The summed E-state index contributed by atoms with van der Waals surface area (Å²) in [5.74, 6) is -0.250. The molecule has 0 aromatic rings. The van der Waals surface area contributed by atoms with E-state index in [0.29, 0.717) is 16.6 Å². The van der Waals surface area contributed by atoms with E-state index in [0.717, 1.165) is 0 Å². The van der Waals surface area contributed by atoms with Gasteiger partial charge in [0, 0.05) is 5.57 Å². The lowest BCUT2D eigenvalue weighted by Gasteiger charge is -2.22. The minimum atomic E-state index is -1.79. The fraction of sp³-hybridized carbons (Fsp3) is 0.636. The molecule has 1 amide bonds. The van der Waals surface area contributed by atoms with Crippen molar-refractivity contribution in [3.63, 3.8) is 0 Å².